The summed E-state index contributed by atoms with van der Waals surface area (Å²) in [5.41, 5.74) is 3.10. The molecular weight excluding hydrogens is 460 g/mol. The Labute approximate surface area is 204 Å². The summed E-state index contributed by atoms with van der Waals surface area (Å²) in [6, 6.07) is 22.2. The van der Waals surface area contributed by atoms with Crippen molar-refractivity contribution < 1.29 is 10.2 Å². The third kappa shape index (κ3) is 3.52. The van der Waals surface area contributed by atoms with Gasteiger partial charge in [0.2, 0.25) is 0 Å². The molecule has 9 heteroatoms. The lowest BCUT2D eigenvalue weighted by atomic mass is 10.2. The van der Waals surface area contributed by atoms with Crippen molar-refractivity contribution in [2.45, 2.75) is 0 Å². The predicted molar refractivity (Wildman–Crippen MR) is 136 cm³/mol. The van der Waals surface area contributed by atoms with Gasteiger partial charge in [-0.3, -0.25) is 0 Å². The average Bonchev–Trinajstić information content (AvgIpc) is 3.58. The molecule has 3 heterocycles. The lowest BCUT2D eigenvalue weighted by Crippen LogP contribution is -1.99. The number of aryl methyl sites for hydroxylation is 2. The Morgan fingerprint density at radius 3 is 1.49 bits per heavy atom. The molecule has 170 valence electrons. The summed E-state index contributed by atoms with van der Waals surface area (Å²) in [5.74, 6) is 0.157. The van der Waals surface area contributed by atoms with Gasteiger partial charge in [-0.2, -0.15) is 10.5 Å². The lowest BCUT2D eigenvalue weighted by Gasteiger charge is -2.04. The molecule has 0 amide bonds. The fourth-order valence-electron chi connectivity index (χ4n) is 3.99. The molecule has 0 aliphatic heterocycles. The van der Waals surface area contributed by atoms with Gasteiger partial charge in [0.1, 0.15) is 23.3 Å². The van der Waals surface area contributed by atoms with Crippen LogP contribution >= 0.6 is 11.3 Å². The second-order valence-corrected chi connectivity index (χ2v) is 8.88. The van der Waals surface area contributed by atoms with Gasteiger partial charge < -0.3 is 19.3 Å². The highest BCUT2D eigenvalue weighted by Gasteiger charge is 2.22. The summed E-state index contributed by atoms with van der Waals surface area (Å²) in [7, 11) is 3.56. The number of thiophene rings is 1. The van der Waals surface area contributed by atoms with Gasteiger partial charge in [0.05, 0.1) is 31.8 Å². The summed E-state index contributed by atoms with van der Waals surface area (Å²) >= 11 is 1.06. The number of fused-ring (bicyclic) bond motifs is 2. The molecule has 0 aliphatic carbocycles. The Balaban J connectivity index is 1.59. The van der Waals surface area contributed by atoms with Crippen LogP contribution in [0.25, 0.3) is 44.7 Å². The summed E-state index contributed by atoms with van der Waals surface area (Å²) in [4.78, 5) is 9.71. The number of aliphatic hydroxyl groups excluding tert-OH is 2. The molecule has 0 radical (unpaired) electrons. The normalized spacial score (nSPS) is 12.8. The van der Waals surface area contributed by atoms with Gasteiger partial charge in [-0.15, -0.1) is 11.3 Å². The van der Waals surface area contributed by atoms with Crippen LogP contribution in [0, 0.1) is 22.7 Å². The number of hydrogen-bond acceptors (Lipinski definition) is 7. The van der Waals surface area contributed by atoms with Crippen LogP contribution in [-0.2, 0) is 14.1 Å². The molecule has 0 unspecified atom stereocenters. The van der Waals surface area contributed by atoms with E-state index in [1.165, 1.54) is 0 Å². The highest BCUT2D eigenvalue weighted by atomic mass is 32.1. The number of nitrogens with zero attached hydrogens (tertiary/aromatic N) is 6. The average molecular weight is 479 g/mol. The first kappa shape index (κ1) is 22.0. The Kier molecular flexibility index (Phi) is 5.33. The number of aliphatic hydroxyl groups is 2. The van der Waals surface area contributed by atoms with Crippen molar-refractivity contribution in [2.24, 2.45) is 14.1 Å². The van der Waals surface area contributed by atoms with E-state index in [9.17, 15) is 20.7 Å². The third-order valence-electron chi connectivity index (χ3n) is 5.79. The minimum Gasteiger partial charge on any atom is -0.505 e. The fourth-order valence-corrected chi connectivity index (χ4v) is 4.90. The smallest absolute Gasteiger partial charge is 0.155 e. The Hall–Kier alpha value is -4.86. The van der Waals surface area contributed by atoms with Gasteiger partial charge in [-0.25, -0.2) is 9.97 Å². The summed E-state index contributed by atoms with van der Waals surface area (Å²) in [6.45, 7) is 0. The minimum absolute atomic E-state index is 0.0106. The third-order valence-corrected chi connectivity index (χ3v) is 6.89. The van der Waals surface area contributed by atoms with E-state index in [2.05, 4.69) is 22.1 Å². The Morgan fingerprint density at radius 2 is 1.11 bits per heavy atom. The molecule has 0 aliphatic rings. The van der Waals surface area contributed by atoms with Gasteiger partial charge in [0.15, 0.2) is 23.2 Å². The maximum Gasteiger partial charge on any atom is 0.155 e. The van der Waals surface area contributed by atoms with Crippen molar-refractivity contribution in [3.8, 4) is 12.1 Å². The van der Waals surface area contributed by atoms with Crippen LogP contribution in [0.4, 0.5) is 0 Å². The number of allylic oxidation sites excluding steroid dienone is 2. The number of aromatic nitrogens is 4. The maximum absolute atomic E-state index is 11.0. The largest absolute Gasteiger partial charge is 0.505 e. The van der Waals surface area contributed by atoms with E-state index in [4.69, 9.17) is 0 Å². The fraction of sp³-hybridized carbons (Fsp3) is 0.0769. The van der Waals surface area contributed by atoms with Crippen LogP contribution in [0.2, 0.25) is 0 Å². The number of rotatable bonds is 4. The summed E-state index contributed by atoms with van der Waals surface area (Å²) in [5, 5.41) is 41.6. The van der Waals surface area contributed by atoms with Crippen molar-refractivity contribution in [3.63, 3.8) is 0 Å². The lowest BCUT2D eigenvalue weighted by molar-refractivity contribution is 0.515. The van der Waals surface area contributed by atoms with E-state index in [1.807, 2.05) is 48.5 Å². The molecular formula is C26H18N6O2S. The van der Waals surface area contributed by atoms with Crippen LogP contribution in [0.15, 0.2) is 60.7 Å². The van der Waals surface area contributed by atoms with Crippen molar-refractivity contribution in [3.05, 3.63) is 82.1 Å². The predicted octanol–water partition coefficient (Wildman–Crippen LogP) is 5.42. The van der Waals surface area contributed by atoms with Gasteiger partial charge in [-0.1, -0.05) is 24.3 Å². The van der Waals surface area contributed by atoms with Gasteiger partial charge in [0, 0.05) is 14.1 Å². The van der Waals surface area contributed by atoms with Crippen molar-refractivity contribution in [1.29, 1.82) is 10.5 Å². The van der Waals surface area contributed by atoms with Gasteiger partial charge in [-0.05, 0) is 36.4 Å². The number of nitriles is 2. The first-order valence-electron chi connectivity index (χ1n) is 10.6. The van der Waals surface area contributed by atoms with Crippen LogP contribution in [-0.4, -0.2) is 29.3 Å². The zero-order valence-corrected chi connectivity index (χ0v) is 19.6. The molecule has 0 saturated heterocycles. The zero-order chi connectivity index (χ0) is 24.7. The van der Waals surface area contributed by atoms with E-state index in [-0.39, 0.29) is 22.7 Å². The second kappa shape index (κ2) is 8.49. The molecule has 0 saturated carbocycles. The van der Waals surface area contributed by atoms with Crippen LogP contribution in [0.3, 0.4) is 0 Å². The van der Waals surface area contributed by atoms with Crippen LogP contribution in [0.1, 0.15) is 21.4 Å². The molecule has 2 aromatic carbocycles. The van der Waals surface area contributed by atoms with E-state index in [1.54, 1.807) is 35.4 Å². The molecule has 8 nitrogen and oxygen atoms in total. The SMILES string of the molecule is Cn1c(/C(C#N)=C(/O)c2ccc(/C(O)=C(/C#N)c3nc4ccccc4n3C)s2)nc2ccccc21. The van der Waals surface area contributed by atoms with Crippen LogP contribution in [0.5, 0.6) is 0 Å². The molecule has 0 spiro atoms. The molecule has 0 atom stereocenters. The highest BCUT2D eigenvalue weighted by molar-refractivity contribution is 7.14. The van der Waals surface area contributed by atoms with Gasteiger partial charge in [0.25, 0.3) is 0 Å². The molecule has 35 heavy (non-hydrogen) atoms. The van der Waals surface area contributed by atoms with Crippen molar-refractivity contribution in [1.82, 2.24) is 19.1 Å². The quantitative estimate of drug-likeness (QED) is 0.262. The summed E-state index contributed by atoms with van der Waals surface area (Å²) in [6.07, 6.45) is 0. The highest BCUT2D eigenvalue weighted by Crippen LogP contribution is 2.34. The standard InChI is InChI=1S/C26H18N6O2S/c1-31-19-9-5-3-7-17(19)29-25(31)15(13-27)23(33)21-11-12-22(35-21)24(34)16(14-28)26-30-18-8-4-6-10-20(18)32(26)2/h3-12,33-34H,1-2H3/b23-15+,24-16+. The topological polar surface area (TPSA) is 124 Å². The molecule has 5 aromatic rings. The molecule has 0 fully saturated rings. The van der Waals surface area contributed by atoms with Gasteiger partial charge >= 0.3 is 0 Å². The van der Waals surface area contributed by atoms with Crippen molar-refractivity contribution >= 4 is 56.1 Å². The molecule has 5 rings (SSSR count). The van der Waals surface area contributed by atoms with E-state index in [0.29, 0.717) is 32.4 Å². The number of para-hydroxylation sites is 4. The molecule has 2 N–H and O–H groups in total. The summed E-state index contributed by atoms with van der Waals surface area (Å²) < 4.78 is 3.49. The minimum atomic E-state index is -0.254. The molecule has 3 aromatic heterocycles. The Bertz CT molecular complexity index is 1640. The monoisotopic (exact) mass is 478 g/mol. The first-order valence-corrected chi connectivity index (χ1v) is 11.4. The van der Waals surface area contributed by atoms with Crippen molar-refractivity contribution in [2.75, 3.05) is 0 Å². The van der Waals surface area contributed by atoms with E-state index >= 15 is 0 Å². The zero-order valence-electron chi connectivity index (χ0n) is 18.8. The number of benzene rings is 2. The van der Waals surface area contributed by atoms with E-state index < -0.39 is 0 Å². The maximum atomic E-state index is 11.0. The van der Waals surface area contributed by atoms with Crippen LogP contribution < -0.4 is 0 Å². The van der Waals surface area contributed by atoms with E-state index in [0.717, 1.165) is 22.4 Å². The Morgan fingerprint density at radius 1 is 0.714 bits per heavy atom. The number of hydrogen-bond donors (Lipinski definition) is 2. The first-order chi connectivity index (χ1) is 16.9. The molecule has 0 bridgehead atoms. The second-order valence-electron chi connectivity index (χ2n) is 7.80. The number of imidazole rings is 2.